The second-order valence-electron chi connectivity index (χ2n) is 4.22. The largest absolute Gasteiger partial charge is 0.355 e. The number of hydrogen-bond donors (Lipinski definition) is 1. The highest BCUT2D eigenvalue weighted by Crippen LogP contribution is 2.09. The molecule has 14 heavy (non-hydrogen) atoms. The number of ether oxygens (including phenoxy) is 2. The summed E-state index contributed by atoms with van der Waals surface area (Å²) in [5, 5.41) is 3.44. The SMILES string of the molecule is CC1CN(CC2CCOCO2)CCN1. The van der Waals surface area contributed by atoms with Crippen LogP contribution in [0.5, 0.6) is 0 Å². The Hall–Kier alpha value is -0.160. The molecule has 0 aromatic rings. The van der Waals surface area contributed by atoms with Gasteiger partial charge in [-0.25, -0.2) is 0 Å². The third kappa shape index (κ3) is 2.92. The fourth-order valence-electron chi connectivity index (χ4n) is 2.11. The van der Waals surface area contributed by atoms with Crippen LogP contribution in [-0.4, -0.2) is 56.6 Å². The molecule has 2 rings (SSSR count). The van der Waals surface area contributed by atoms with E-state index in [0.29, 0.717) is 18.9 Å². The van der Waals surface area contributed by atoms with Crippen LogP contribution in [-0.2, 0) is 9.47 Å². The van der Waals surface area contributed by atoms with Gasteiger partial charge in [-0.3, -0.25) is 4.90 Å². The van der Waals surface area contributed by atoms with Crippen LogP contribution < -0.4 is 5.32 Å². The van der Waals surface area contributed by atoms with Crippen molar-refractivity contribution in [3.05, 3.63) is 0 Å². The highest BCUT2D eigenvalue weighted by atomic mass is 16.7. The van der Waals surface area contributed by atoms with Crippen molar-refractivity contribution in [3.8, 4) is 0 Å². The second-order valence-corrected chi connectivity index (χ2v) is 4.22. The minimum absolute atomic E-state index is 0.383. The smallest absolute Gasteiger partial charge is 0.147 e. The van der Waals surface area contributed by atoms with Crippen LogP contribution in [0.2, 0.25) is 0 Å². The van der Waals surface area contributed by atoms with Gasteiger partial charge in [0.05, 0.1) is 12.7 Å². The molecule has 0 aromatic heterocycles. The van der Waals surface area contributed by atoms with Crippen molar-refractivity contribution in [2.45, 2.75) is 25.5 Å². The molecule has 0 bridgehead atoms. The van der Waals surface area contributed by atoms with Crippen LogP contribution in [0.25, 0.3) is 0 Å². The number of rotatable bonds is 2. The predicted molar refractivity (Wildman–Crippen MR) is 54.2 cm³/mol. The third-order valence-corrected chi connectivity index (χ3v) is 2.89. The fraction of sp³-hybridized carbons (Fsp3) is 1.00. The zero-order valence-electron chi connectivity index (χ0n) is 8.87. The molecule has 0 spiro atoms. The van der Waals surface area contributed by atoms with Crippen LogP contribution in [0.3, 0.4) is 0 Å². The van der Waals surface area contributed by atoms with E-state index >= 15 is 0 Å². The molecule has 2 saturated heterocycles. The Morgan fingerprint density at radius 2 is 2.43 bits per heavy atom. The van der Waals surface area contributed by atoms with E-state index in [-0.39, 0.29) is 0 Å². The van der Waals surface area contributed by atoms with Crippen LogP contribution >= 0.6 is 0 Å². The number of nitrogens with one attached hydrogen (secondary N) is 1. The quantitative estimate of drug-likeness (QED) is 0.682. The minimum atomic E-state index is 0.383. The highest BCUT2D eigenvalue weighted by molar-refractivity contribution is 4.77. The molecule has 2 unspecified atom stereocenters. The molecule has 2 heterocycles. The van der Waals surface area contributed by atoms with Crippen molar-refractivity contribution >= 4 is 0 Å². The molecule has 2 fully saturated rings. The lowest BCUT2D eigenvalue weighted by Gasteiger charge is -2.35. The average Bonchev–Trinajstić information content (AvgIpc) is 2.19. The van der Waals surface area contributed by atoms with Crippen LogP contribution in [0.15, 0.2) is 0 Å². The normalized spacial score (nSPS) is 35.8. The molecule has 2 aliphatic heterocycles. The van der Waals surface area contributed by atoms with Gasteiger partial charge in [-0.2, -0.15) is 0 Å². The summed E-state index contributed by atoms with van der Waals surface area (Å²) >= 11 is 0. The summed E-state index contributed by atoms with van der Waals surface area (Å²) in [4.78, 5) is 2.48. The molecule has 0 amide bonds. The summed E-state index contributed by atoms with van der Waals surface area (Å²) in [7, 11) is 0. The predicted octanol–water partition coefficient (Wildman–Crippen LogP) is 0.0431. The van der Waals surface area contributed by atoms with Crippen molar-refractivity contribution in [1.29, 1.82) is 0 Å². The molecule has 0 saturated carbocycles. The lowest BCUT2D eigenvalue weighted by molar-refractivity contribution is -0.145. The first kappa shape index (κ1) is 10.4. The Kier molecular flexibility index (Phi) is 3.75. The zero-order chi connectivity index (χ0) is 9.80. The molecule has 4 heteroatoms. The Morgan fingerprint density at radius 3 is 3.14 bits per heavy atom. The van der Waals surface area contributed by atoms with E-state index in [1.54, 1.807) is 0 Å². The molecule has 1 N–H and O–H groups in total. The number of nitrogens with zero attached hydrogens (tertiary/aromatic N) is 1. The topological polar surface area (TPSA) is 33.7 Å². The molecule has 0 radical (unpaired) electrons. The fourth-order valence-corrected chi connectivity index (χ4v) is 2.11. The lowest BCUT2D eigenvalue weighted by Crippen LogP contribution is -2.51. The average molecular weight is 200 g/mol. The minimum Gasteiger partial charge on any atom is -0.355 e. The maximum absolute atomic E-state index is 5.53. The van der Waals surface area contributed by atoms with Gasteiger partial charge in [-0.05, 0) is 13.3 Å². The maximum atomic E-state index is 5.53. The molecule has 2 atom stereocenters. The molecule has 4 nitrogen and oxygen atoms in total. The van der Waals surface area contributed by atoms with Gasteiger partial charge >= 0.3 is 0 Å². The maximum Gasteiger partial charge on any atom is 0.147 e. The highest BCUT2D eigenvalue weighted by Gasteiger charge is 2.21. The molecule has 0 aliphatic carbocycles. The first-order chi connectivity index (χ1) is 6.84. The van der Waals surface area contributed by atoms with Gasteiger partial charge in [0, 0.05) is 32.2 Å². The summed E-state index contributed by atoms with van der Waals surface area (Å²) in [6, 6.07) is 0.614. The first-order valence-corrected chi connectivity index (χ1v) is 5.49. The van der Waals surface area contributed by atoms with Crippen molar-refractivity contribution in [3.63, 3.8) is 0 Å². The van der Waals surface area contributed by atoms with Gasteiger partial charge in [0.2, 0.25) is 0 Å². The van der Waals surface area contributed by atoms with Gasteiger partial charge in [0.15, 0.2) is 0 Å². The Morgan fingerprint density at radius 1 is 1.50 bits per heavy atom. The van der Waals surface area contributed by atoms with E-state index in [0.717, 1.165) is 39.2 Å². The van der Waals surface area contributed by atoms with Gasteiger partial charge in [-0.1, -0.05) is 0 Å². The first-order valence-electron chi connectivity index (χ1n) is 5.49. The van der Waals surface area contributed by atoms with E-state index in [9.17, 15) is 0 Å². The van der Waals surface area contributed by atoms with Gasteiger partial charge in [-0.15, -0.1) is 0 Å². The number of hydrogen-bond acceptors (Lipinski definition) is 4. The van der Waals surface area contributed by atoms with Crippen LogP contribution in [0.4, 0.5) is 0 Å². The Bertz CT molecular complexity index is 172. The summed E-state index contributed by atoms with van der Waals surface area (Å²) < 4.78 is 10.7. The van der Waals surface area contributed by atoms with Crippen molar-refractivity contribution < 1.29 is 9.47 Å². The van der Waals surface area contributed by atoms with Crippen molar-refractivity contribution in [1.82, 2.24) is 10.2 Å². The summed E-state index contributed by atoms with van der Waals surface area (Å²) in [6.07, 6.45) is 1.42. The second kappa shape index (κ2) is 5.07. The molecule has 0 aromatic carbocycles. The molecule has 2 aliphatic rings. The number of piperazine rings is 1. The monoisotopic (exact) mass is 200 g/mol. The molecular formula is C10H20N2O2. The molecule has 82 valence electrons. The van der Waals surface area contributed by atoms with E-state index in [2.05, 4.69) is 17.1 Å². The van der Waals surface area contributed by atoms with Gasteiger partial charge in [0.1, 0.15) is 6.79 Å². The van der Waals surface area contributed by atoms with Gasteiger partial charge in [0.25, 0.3) is 0 Å². The third-order valence-electron chi connectivity index (χ3n) is 2.89. The van der Waals surface area contributed by atoms with E-state index < -0.39 is 0 Å². The van der Waals surface area contributed by atoms with Crippen molar-refractivity contribution in [2.24, 2.45) is 0 Å². The lowest BCUT2D eigenvalue weighted by atomic mass is 10.2. The van der Waals surface area contributed by atoms with E-state index in [1.165, 1.54) is 0 Å². The summed E-state index contributed by atoms with van der Waals surface area (Å²) in [5.74, 6) is 0. The summed E-state index contributed by atoms with van der Waals surface area (Å²) in [5.41, 5.74) is 0. The van der Waals surface area contributed by atoms with E-state index in [1.807, 2.05) is 0 Å². The van der Waals surface area contributed by atoms with Crippen LogP contribution in [0.1, 0.15) is 13.3 Å². The molecular weight excluding hydrogens is 180 g/mol. The standard InChI is InChI=1S/C10H20N2O2/c1-9-6-12(4-3-11-9)7-10-2-5-13-8-14-10/h9-11H,2-8H2,1H3. The van der Waals surface area contributed by atoms with Crippen molar-refractivity contribution in [2.75, 3.05) is 39.6 Å². The Balaban J connectivity index is 1.72. The van der Waals surface area contributed by atoms with E-state index in [4.69, 9.17) is 9.47 Å². The summed E-state index contributed by atoms with van der Waals surface area (Å²) in [6.45, 7) is 8.02. The van der Waals surface area contributed by atoms with Crippen LogP contribution in [0, 0.1) is 0 Å². The Labute approximate surface area is 85.5 Å². The van der Waals surface area contributed by atoms with Gasteiger partial charge < -0.3 is 14.8 Å². The zero-order valence-corrected chi connectivity index (χ0v) is 8.87.